The van der Waals surface area contributed by atoms with E-state index >= 15 is 0 Å². The predicted octanol–water partition coefficient (Wildman–Crippen LogP) is 1.99. The van der Waals surface area contributed by atoms with Crippen molar-refractivity contribution in [2.45, 2.75) is 38.2 Å². The van der Waals surface area contributed by atoms with Crippen LogP contribution in [-0.4, -0.2) is 51.5 Å². The molecule has 3 atom stereocenters. The molecule has 1 aromatic rings. The Morgan fingerprint density at radius 2 is 2.24 bits per heavy atom. The van der Waals surface area contributed by atoms with Gasteiger partial charge in [0.05, 0.1) is 11.1 Å². The van der Waals surface area contributed by atoms with E-state index in [9.17, 15) is 14.7 Å². The van der Waals surface area contributed by atoms with Crippen molar-refractivity contribution in [1.29, 1.82) is 0 Å². The lowest BCUT2D eigenvalue weighted by Crippen LogP contribution is -2.39. The van der Waals surface area contributed by atoms with Gasteiger partial charge in [-0.2, -0.15) is 5.10 Å². The number of fused-ring (bicyclic) bond motifs is 1. The lowest BCUT2D eigenvalue weighted by Gasteiger charge is -2.23. The highest BCUT2D eigenvalue weighted by molar-refractivity contribution is 5.90. The molecule has 3 heterocycles. The van der Waals surface area contributed by atoms with Crippen molar-refractivity contribution in [3.8, 4) is 0 Å². The van der Waals surface area contributed by atoms with E-state index in [1.54, 1.807) is 16.6 Å². The third-order valence-corrected chi connectivity index (χ3v) is 5.98. The zero-order valence-electron chi connectivity index (χ0n) is 14.4. The molecule has 2 saturated heterocycles. The molecule has 1 unspecified atom stereocenters. The van der Waals surface area contributed by atoms with E-state index in [-0.39, 0.29) is 24.6 Å². The molecule has 8 heteroatoms. The molecule has 25 heavy (non-hydrogen) atoms. The van der Waals surface area contributed by atoms with Crippen LogP contribution in [0.3, 0.4) is 0 Å². The summed E-state index contributed by atoms with van der Waals surface area (Å²) in [5, 5.41) is 17.0. The van der Waals surface area contributed by atoms with Gasteiger partial charge in [0.2, 0.25) is 0 Å². The molecule has 0 spiro atoms. The number of aliphatic carboxylic acids is 1. The summed E-state index contributed by atoms with van der Waals surface area (Å²) < 4.78 is 7.28. The summed E-state index contributed by atoms with van der Waals surface area (Å²) in [6, 6.07) is 1.59. The van der Waals surface area contributed by atoms with Gasteiger partial charge in [0, 0.05) is 32.8 Å². The molecular weight excluding hydrogens is 324 g/mol. The summed E-state index contributed by atoms with van der Waals surface area (Å²) in [5.74, 6) is -0.104. The minimum Gasteiger partial charge on any atom is -0.481 e. The van der Waals surface area contributed by atoms with Crippen LogP contribution in [0.2, 0.25) is 0 Å². The summed E-state index contributed by atoms with van der Waals surface area (Å²) in [6.07, 6.45) is 4.43. The number of carbonyl (C=O) groups is 2. The number of anilines is 1. The summed E-state index contributed by atoms with van der Waals surface area (Å²) in [5.41, 5.74) is 0.0720. The fourth-order valence-corrected chi connectivity index (χ4v) is 4.56. The maximum absolute atomic E-state index is 12.6. The smallest absolute Gasteiger partial charge is 0.323 e. The van der Waals surface area contributed by atoms with Gasteiger partial charge in [0.1, 0.15) is 11.9 Å². The van der Waals surface area contributed by atoms with Crippen molar-refractivity contribution in [2.75, 3.05) is 25.0 Å². The van der Waals surface area contributed by atoms with E-state index in [1.165, 1.54) is 0 Å². The number of aromatic nitrogens is 2. The summed E-state index contributed by atoms with van der Waals surface area (Å²) in [6.45, 7) is 1.54. The summed E-state index contributed by atoms with van der Waals surface area (Å²) >= 11 is 0. The molecular formula is C17H24N4O4. The highest BCUT2D eigenvalue weighted by Gasteiger charge is 2.55. The number of hydrogen-bond acceptors (Lipinski definition) is 4. The minimum atomic E-state index is -0.772. The zero-order valence-corrected chi connectivity index (χ0v) is 14.4. The number of rotatable bonds is 3. The van der Waals surface area contributed by atoms with Gasteiger partial charge in [0.15, 0.2) is 0 Å². The molecule has 2 aliphatic heterocycles. The van der Waals surface area contributed by atoms with E-state index in [1.807, 2.05) is 6.07 Å². The number of nitrogens with one attached hydrogen (secondary N) is 1. The van der Waals surface area contributed by atoms with Crippen molar-refractivity contribution in [3.63, 3.8) is 0 Å². The predicted molar refractivity (Wildman–Crippen MR) is 89.1 cm³/mol. The first-order valence-electron chi connectivity index (χ1n) is 8.94. The van der Waals surface area contributed by atoms with E-state index in [4.69, 9.17) is 4.74 Å². The van der Waals surface area contributed by atoms with Crippen LogP contribution in [0.5, 0.6) is 0 Å². The molecule has 2 N–H and O–H groups in total. The Bertz CT molecular complexity index is 697. The molecule has 1 aliphatic carbocycles. The van der Waals surface area contributed by atoms with Gasteiger partial charge >= 0.3 is 12.0 Å². The van der Waals surface area contributed by atoms with Crippen molar-refractivity contribution in [1.82, 2.24) is 14.7 Å². The molecule has 0 bridgehead atoms. The highest BCUT2D eigenvalue weighted by Crippen LogP contribution is 2.48. The monoisotopic (exact) mass is 348 g/mol. The van der Waals surface area contributed by atoms with Crippen molar-refractivity contribution in [3.05, 3.63) is 11.8 Å². The fraction of sp³-hybridized carbons (Fsp3) is 0.706. The van der Waals surface area contributed by atoms with E-state index in [2.05, 4.69) is 10.4 Å². The van der Waals surface area contributed by atoms with E-state index in [0.29, 0.717) is 18.8 Å². The Kier molecular flexibility index (Phi) is 3.94. The molecule has 0 radical (unpaired) electrons. The number of hydrogen-bond donors (Lipinski definition) is 2. The van der Waals surface area contributed by atoms with Gasteiger partial charge in [-0.05, 0) is 31.6 Å². The van der Waals surface area contributed by atoms with Crippen LogP contribution in [0.25, 0.3) is 0 Å². The molecule has 0 aromatic carbocycles. The maximum Gasteiger partial charge on any atom is 0.323 e. The molecule has 1 aromatic heterocycles. The quantitative estimate of drug-likeness (QED) is 0.871. The van der Waals surface area contributed by atoms with Crippen LogP contribution >= 0.6 is 0 Å². The number of likely N-dealkylation sites (tertiary alicyclic amines) is 1. The van der Waals surface area contributed by atoms with Gasteiger partial charge in [-0.25, -0.2) is 4.79 Å². The molecule has 136 valence electrons. The molecule has 8 nitrogen and oxygen atoms in total. The number of carboxylic acids is 1. The highest BCUT2D eigenvalue weighted by atomic mass is 16.5. The molecule has 4 rings (SSSR count). The lowest BCUT2D eigenvalue weighted by molar-refractivity contribution is -0.149. The number of nitrogens with zero attached hydrogens (tertiary/aromatic N) is 3. The number of carboxylic acid groups (broad SMARTS) is 1. The van der Waals surface area contributed by atoms with Crippen molar-refractivity contribution in [2.24, 2.45) is 18.4 Å². The second kappa shape index (κ2) is 6.01. The standard InChI is InChI=1S/C17H24N4O4/c1-20-14(8-12(19-20)13-5-3-7-25-13)18-16(24)21-9-11-4-2-6-17(11,10-21)15(22)23/h8,11,13H,2-7,9-10H2,1H3,(H,18,24)(H,22,23)/t11-,13?,17+/m0/s1. The summed E-state index contributed by atoms with van der Waals surface area (Å²) in [4.78, 5) is 26.0. The van der Waals surface area contributed by atoms with Gasteiger partial charge in [-0.1, -0.05) is 6.42 Å². The van der Waals surface area contributed by atoms with Crippen molar-refractivity contribution < 1.29 is 19.4 Å². The number of ether oxygens (including phenoxy) is 1. The average Bonchev–Trinajstić information content (AvgIpc) is 3.29. The first-order valence-corrected chi connectivity index (χ1v) is 8.94. The number of carbonyl (C=O) groups excluding carboxylic acids is 1. The fourth-order valence-electron chi connectivity index (χ4n) is 4.56. The lowest BCUT2D eigenvalue weighted by atomic mass is 9.81. The largest absolute Gasteiger partial charge is 0.481 e. The van der Waals surface area contributed by atoms with Crippen LogP contribution in [0.15, 0.2) is 6.07 Å². The van der Waals surface area contributed by atoms with Gasteiger partial charge < -0.3 is 14.7 Å². The first-order chi connectivity index (χ1) is 12.0. The molecule has 3 aliphatic rings. The average molecular weight is 348 g/mol. The number of aryl methyl sites for hydroxylation is 1. The number of amides is 2. The van der Waals surface area contributed by atoms with Gasteiger partial charge in [0.25, 0.3) is 0 Å². The van der Waals surface area contributed by atoms with E-state index in [0.717, 1.165) is 38.0 Å². The maximum atomic E-state index is 12.6. The van der Waals surface area contributed by atoms with Crippen LogP contribution in [-0.2, 0) is 16.6 Å². The van der Waals surface area contributed by atoms with Crippen LogP contribution < -0.4 is 5.32 Å². The molecule has 2 amide bonds. The summed E-state index contributed by atoms with van der Waals surface area (Å²) in [7, 11) is 1.78. The van der Waals surface area contributed by atoms with Crippen LogP contribution in [0.4, 0.5) is 10.6 Å². The van der Waals surface area contributed by atoms with Crippen LogP contribution in [0.1, 0.15) is 43.9 Å². The zero-order chi connectivity index (χ0) is 17.6. The third-order valence-electron chi connectivity index (χ3n) is 5.98. The Morgan fingerprint density at radius 3 is 2.92 bits per heavy atom. The topological polar surface area (TPSA) is 96.7 Å². The Hall–Kier alpha value is -2.09. The van der Waals surface area contributed by atoms with E-state index < -0.39 is 11.4 Å². The second-order valence-electron chi connectivity index (χ2n) is 7.44. The second-order valence-corrected chi connectivity index (χ2v) is 7.44. The van der Waals surface area contributed by atoms with Crippen LogP contribution in [0, 0.1) is 11.3 Å². The molecule has 1 saturated carbocycles. The minimum absolute atomic E-state index is 0.00160. The SMILES string of the molecule is Cn1nc(C2CCCO2)cc1NC(=O)N1C[C@@H]2CCC[C@@]2(C(=O)O)C1. The van der Waals surface area contributed by atoms with Crippen molar-refractivity contribution >= 4 is 17.8 Å². The molecule has 3 fully saturated rings. The van der Waals surface area contributed by atoms with Gasteiger partial charge in [-0.15, -0.1) is 0 Å². The Balaban J connectivity index is 1.45. The Labute approximate surface area is 146 Å². The number of urea groups is 1. The third kappa shape index (κ3) is 2.68. The first kappa shape index (κ1) is 16.4. The van der Waals surface area contributed by atoms with Gasteiger partial charge in [-0.3, -0.25) is 14.8 Å². The normalized spacial score (nSPS) is 31.3. The Morgan fingerprint density at radius 1 is 1.40 bits per heavy atom.